The minimum atomic E-state index is -0.155. The molecule has 0 N–H and O–H groups in total. The molecular weight excluding hydrogens is 226 g/mol. The minimum Gasteiger partial charge on any atom is -0.497 e. The zero-order valence-corrected chi connectivity index (χ0v) is 11.7. The van der Waals surface area contributed by atoms with E-state index in [1.165, 1.54) is 0 Å². The molecule has 0 saturated heterocycles. The molecule has 1 unspecified atom stereocenters. The maximum Gasteiger partial charge on any atom is 0.229 e. The average Bonchev–Trinajstić information content (AvgIpc) is 2.38. The van der Waals surface area contributed by atoms with Crippen molar-refractivity contribution < 1.29 is 9.53 Å². The van der Waals surface area contributed by atoms with Crippen LogP contribution in [0.5, 0.6) is 5.75 Å². The summed E-state index contributed by atoms with van der Waals surface area (Å²) in [5.41, 5.74) is 2.05. The van der Waals surface area contributed by atoms with Crippen molar-refractivity contribution in [3.63, 3.8) is 0 Å². The smallest absolute Gasteiger partial charge is 0.229 e. The Hall–Kier alpha value is -1.77. The second-order valence-electron chi connectivity index (χ2n) is 4.43. The third-order valence-corrected chi connectivity index (χ3v) is 2.99. The number of allylic oxidation sites excluding steroid dienone is 1. The lowest BCUT2D eigenvalue weighted by molar-refractivity contribution is -0.130. The zero-order chi connectivity index (χ0) is 13.7. The van der Waals surface area contributed by atoms with Gasteiger partial charge >= 0.3 is 0 Å². The highest BCUT2D eigenvalue weighted by Crippen LogP contribution is 2.27. The van der Waals surface area contributed by atoms with Gasteiger partial charge in [0, 0.05) is 14.1 Å². The number of carbonyl (C=O) groups is 1. The van der Waals surface area contributed by atoms with Gasteiger partial charge in [0.1, 0.15) is 5.75 Å². The number of hydrogen-bond donors (Lipinski definition) is 0. The van der Waals surface area contributed by atoms with Crippen LogP contribution in [0.1, 0.15) is 19.4 Å². The Labute approximate surface area is 109 Å². The van der Waals surface area contributed by atoms with Crippen LogP contribution in [0.2, 0.25) is 0 Å². The molecule has 3 heteroatoms. The first-order valence-corrected chi connectivity index (χ1v) is 6.03. The van der Waals surface area contributed by atoms with Crippen LogP contribution in [-0.2, 0) is 4.79 Å². The molecule has 1 atom stereocenters. The minimum absolute atomic E-state index is 0.103. The number of carbonyl (C=O) groups excluding carboxylic acids is 1. The van der Waals surface area contributed by atoms with Gasteiger partial charge in [-0.1, -0.05) is 18.2 Å². The molecular formula is C15H21NO2. The molecule has 1 rings (SSSR count). The van der Waals surface area contributed by atoms with E-state index >= 15 is 0 Å². The Balaban J connectivity index is 3.07. The molecule has 0 fully saturated rings. The summed E-state index contributed by atoms with van der Waals surface area (Å²) in [7, 11) is 5.19. The van der Waals surface area contributed by atoms with Crippen molar-refractivity contribution in [2.45, 2.75) is 13.8 Å². The Bertz CT molecular complexity index is 450. The van der Waals surface area contributed by atoms with Crippen molar-refractivity contribution in [3.8, 4) is 5.75 Å². The van der Waals surface area contributed by atoms with Crippen molar-refractivity contribution in [2.24, 2.45) is 5.92 Å². The van der Waals surface area contributed by atoms with Crippen molar-refractivity contribution in [1.82, 2.24) is 4.90 Å². The van der Waals surface area contributed by atoms with Gasteiger partial charge in [-0.05, 0) is 37.1 Å². The highest BCUT2D eigenvalue weighted by molar-refractivity contribution is 5.91. The molecule has 0 aliphatic rings. The summed E-state index contributed by atoms with van der Waals surface area (Å²) < 4.78 is 5.21. The molecule has 0 spiro atoms. The first-order chi connectivity index (χ1) is 8.51. The third kappa shape index (κ3) is 3.13. The molecule has 0 bridgehead atoms. The van der Waals surface area contributed by atoms with Crippen molar-refractivity contribution >= 4 is 11.5 Å². The van der Waals surface area contributed by atoms with Gasteiger partial charge in [-0.3, -0.25) is 4.79 Å². The largest absolute Gasteiger partial charge is 0.497 e. The summed E-state index contributed by atoms with van der Waals surface area (Å²) in [4.78, 5) is 13.6. The van der Waals surface area contributed by atoms with Crippen LogP contribution >= 0.6 is 0 Å². The molecule has 1 aromatic rings. The maximum absolute atomic E-state index is 12.0. The second-order valence-corrected chi connectivity index (χ2v) is 4.43. The van der Waals surface area contributed by atoms with Crippen LogP contribution in [0, 0.1) is 5.92 Å². The molecule has 1 amide bonds. The number of amides is 1. The average molecular weight is 247 g/mol. The predicted molar refractivity (Wildman–Crippen MR) is 74.5 cm³/mol. The Morgan fingerprint density at radius 1 is 1.39 bits per heavy atom. The highest BCUT2D eigenvalue weighted by Gasteiger charge is 2.20. The third-order valence-electron chi connectivity index (χ3n) is 2.99. The van der Waals surface area contributed by atoms with Gasteiger partial charge in [0.15, 0.2) is 0 Å². The van der Waals surface area contributed by atoms with Crippen LogP contribution in [0.3, 0.4) is 0 Å². The van der Waals surface area contributed by atoms with Gasteiger partial charge in [0.05, 0.1) is 13.0 Å². The second kappa shape index (κ2) is 6.24. The fourth-order valence-corrected chi connectivity index (χ4v) is 1.99. The van der Waals surface area contributed by atoms with Gasteiger partial charge in [-0.15, -0.1) is 0 Å². The first kappa shape index (κ1) is 14.3. The molecule has 18 heavy (non-hydrogen) atoms. The van der Waals surface area contributed by atoms with E-state index in [0.717, 1.165) is 16.9 Å². The normalized spacial score (nSPS) is 13.1. The van der Waals surface area contributed by atoms with E-state index in [1.807, 2.05) is 44.2 Å². The lowest BCUT2D eigenvalue weighted by atomic mass is 9.92. The van der Waals surface area contributed by atoms with Crippen LogP contribution in [0.4, 0.5) is 0 Å². The van der Waals surface area contributed by atoms with Crippen LogP contribution in [0.15, 0.2) is 30.3 Å². The van der Waals surface area contributed by atoms with E-state index in [4.69, 9.17) is 4.74 Å². The molecule has 3 nitrogen and oxygen atoms in total. The topological polar surface area (TPSA) is 29.5 Å². The number of rotatable bonds is 4. The van der Waals surface area contributed by atoms with E-state index in [-0.39, 0.29) is 11.8 Å². The summed E-state index contributed by atoms with van der Waals surface area (Å²) in [6, 6.07) is 7.78. The highest BCUT2D eigenvalue weighted by atomic mass is 16.5. The lowest BCUT2D eigenvalue weighted by Crippen LogP contribution is -2.28. The Morgan fingerprint density at radius 3 is 2.56 bits per heavy atom. The van der Waals surface area contributed by atoms with E-state index < -0.39 is 0 Å². The quantitative estimate of drug-likeness (QED) is 0.818. The molecule has 98 valence electrons. The SMILES string of the molecule is C/C=C(/c1cccc(OC)c1)C(C)C(=O)N(C)C. The van der Waals surface area contributed by atoms with Gasteiger partial charge < -0.3 is 9.64 Å². The van der Waals surface area contributed by atoms with Crippen molar-refractivity contribution in [3.05, 3.63) is 35.9 Å². The van der Waals surface area contributed by atoms with E-state index in [1.54, 1.807) is 26.1 Å². The number of benzene rings is 1. The number of methoxy groups -OCH3 is 1. The summed E-state index contributed by atoms with van der Waals surface area (Å²) in [6.07, 6.45) is 1.99. The summed E-state index contributed by atoms with van der Waals surface area (Å²) in [5.74, 6) is 0.749. The monoisotopic (exact) mass is 247 g/mol. The molecule has 0 aliphatic heterocycles. The van der Waals surface area contributed by atoms with E-state index in [2.05, 4.69) is 0 Å². The van der Waals surface area contributed by atoms with E-state index in [9.17, 15) is 4.79 Å². The first-order valence-electron chi connectivity index (χ1n) is 6.03. The number of nitrogens with zero attached hydrogens (tertiary/aromatic N) is 1. The summed E-state index contributed by atoms with van der Waals surface area (Å²) in [5, 5.41) is 0. The number of hydrogen-bond acceptors (Lipinski definition) is 2. The van der Waals surface area contributed by atoms with Gasteiger partial charge in [-0.2, -0.15) is 0 Å². The maximum atomic E-state index is 12.0. The van der Waals surface area contributed by atoms with Crippen LogP contribution in [0.25, 0.3) is 5.57 Å². The Kier molecular flexibility index (Phi) is 4.95. The molecule has 0 aromatic heterocycles. The zero-order valence-electron chi connectivity index (χ0n) is 11.7. The van der Waals surface area contributed by atoms with Crippen LogP contribution in [-0.4, -0.2) is 32.0 Å². The summed E-state index contributed by atoms with van der Waals surface area (Å²) in [6.45, 7) is 3.88. The molecule has 0 heterocycles. The fourth-order valence-electron chi connectivity index (χ4n) is 1.99. The van der Waals surface area contributed by atoms with Gasteiger partial charge in [-0.25, -0.2) is 0 Å². The van der Waals surface area contributed by atoms with Gasteiger partial charge in [0.2, 0.25) is 5.91 Å². The fraction of sp³-hybridized carbons (Fsp3) is 0.400. The number of ether oxygens (including phenoxy) is 1. The van der Waals surface area contributed by atoms with Crippen LogP contribution < -0.4 is 4.74 Å². The summed E-state index contributed by atoms with van der Waals surface area (Å²) >= 11 is 0. The predicted octanol–water partition coefficient (Wildman–Crippen LogP) is 2.82. The molecule has 0 radical (unpaired) electrons. The van der Waals surface area contributed by atoms with Crippen molar-refractivity contribution in [1.29, 1.82) is 0 Å². The molecule has 0 saturated carbocycles. The lowest BCUT2D eigenvalue weighted by Gasteiger charge is -2.20. The standard InChI is InChI=1S/C15H21NO2/c1-6-14(11(2)15(17)16(3)4)12-8-7-9-13(10-12)18-5/h6-11H,1-5H3/b14-6+. The Morgan fingerprint density at radius 2 is 2.06 bits per heavy atom. The van der Waals surface area contributed by atoms with Crippen molar-refractivity contribution in [2.75, 3.05) is 21.2 Å². The molecule has 0 aliphatic carbocycles. The molecule has 1 aromatic carbocycles. The van der Waals surface area contributed by atoms with Gasteiger partial charge in [0.25, 0.3) is 0 Å². The van der Waals surface area contributed by atoms with E-state index in [0.29, 0.717) is 0 Å².